The SMILES string of the molecule is COCC(COC(=O)CC(C)C)(COC(=O)CC(C)O)COC(=O)CC(C)O. The highest BCUT2D eigenvalue weighted by molar-refractivity contribution is 5.71. The fourth-order valence-electron chi connectivity index (χ4n) is 2.25. The predicted octanol–water partition coefficient (Wildman–Crippen LogP) is 0.837. The average Bonchev–Trinajstić information content (AvgIpc) is 2.54. The second-order valence-electron chi connectivity index (χ2n) is 7.62. The van der Waals surface area contributed by atoms with Gasteiger partial charge in [0.05, 0.1) is 37.1 Å². The lowest BCUT2D eigenvalue weighted by Gasteiger charge is -2.31. The number of aliphatic hydroxyl groups excluding tert-OH is 2. The van der Waals surface area contributed by atoms with Crippen LogP contribution in [0.2, 0.25) is 0 Å². The molecule has 0 aliphatic carbocycles. The summed E-state index contributed by atoms with van der Waals surface area (Å²) >= 11 is 0. The van der Waals surface area contributed by atoms with Gasteiger partial charge in [-0.25, -0.2) is 0 Å². The third-order valence-corrected chi connectivity index (χ3v) is 3.57. The molecule has 164 valence electrons. The van der Waals surface area contributed by atoms with Crippen LogP contribution >= 0.6 is 0 Å². The summed E-state index contributed by atoms with van der Waals surface area (Å²) in [6, 6.07) is 0. The number of methoxy groups -OCH3 is 1. The van der Waals surface area contributed by atoms with Crippen LogP contribution in [0.25, 0.3) is 0 Å². The minimum Gasteiger partial charge on any atom is -0.465 e. The van der Waals surface area contributed by atoms with Gasteiger partial charge in [0.15, 0.2) is 0 Å². The van der Waals surface area contributed by atoms with Gasteiger partial charge in [-0.2, -0.15) is 0 Å². The lowest BCUT2D eigenvalue weighted by atomic mass is 9.92. The maximum Gasteiger partial charge on any atom is 0.308 e. The molecule has 0 aromatic heterocycles. The summed E-state index contributed by atoms with van der Waals surface area (Å²) in [5.41, 5.74) is -1.11. The second-order valence-corrected chi connectivity index (χ2v) is 7.62. The van der Waals surface area contributed by atoms with Crippen molar-refractivity contribution in [3.8, 4) is 0 Å². The van der Waals surface area contributed by atoms with Gasteiger partial charge in [0.25, 0.3) is 0 Å². The Bertz CT molecular complexity index is 421. The Balaban J connectivity index is 5.14. The molecule has 0 rings (SSSR count). The highest BCUT2D eigenvalue weighted by Crippen LogP contribution is 2.22. The summed E-state index contributed by atoms with van der Waals surface area (Å²) in [4.78, 5) is 35.5. The summed E-state index contributed by atoms with van der Waals surface area (Å²) in [6.45, 7) is 6.00. The second kappa shape index (κ2) is 13.5. The van der Waals surface area contributed by atoms with Crippen molar-refractivity contribution in [3.63, 3.8) is 0 Å². The summed E-state index contributed by atoms with van der Waals surface area (Å²) in [5.74, 6) is -1.60. The van der Waals surface area contributed by atoms with Gasteiger partial charge in [-0.15, -0.1) is 0 Å². The molecule has 9 heteroatoms. The number of hydrogen-bond acceptors (Lipinski definition) is 9. The van der Waals surface area contributed by atoms with Crippen molar-refractivity contribution < 1.29 is 43.5 Å². The maximum absolute atomic E-state index is 11.9. The van der Waals surface area contributed by atoms with Crippen LogP contribution in [0, 0.1) is 11.3 Å². The van der Waals surface area contributed by atoms with Gasteiger partial charge < -0.3 is 29.2 Å². The Kier molecular flexibility index (Phi) is 12.6. The Morgan fingerprint density at radius 2 is 1.07 bits per heavy atom. The molecule has 2 atom stereocenters. The molecule has 0 heterocycles. The zero-order chi connectivity index (χ0) is 21.7. The average molecular weight is 406 g/mol. The molecule has 0 radical (unpaired) electrons. The molecule has 0 bridgehead atoms. The molecule has 0 aliphatic rings. The summed E-state index contributed by atoms with van der Waals surface area (Å²) in [7, 11) is 1.42. The first-order chi connectivity index (χ1) is 13.0. The van der Waals surface area contributed by atoms with E-state index >= 15 is 0 Å². The number of hydrogen-bond donors (Lipinski definition) is 2. The first-order valence-corrected chi connectivity index (χ1v) is 9.31. The number of ether oxygens (including phenoxy) is 4. The zero-order valence-electron chi connectivity index (χ0n) is 17.4. The standard InChI is InChI=1S/C19H34O9/c1-13(2)6-16(22)26-10-19(9-25-5,11-27-17(23)7-14(3)20)12-28-18(24)8-15(4)21/h13-15,20-21H,6-12H2,1-5H3. The maximum atomic E-state index is 11.9. The Labute approximate surface area is 166 Å². The minimum absolute atomic E-state index is 0.00806. The third kappa shape index (κ3) is 12.6. The van der Waals surface area contributed by atoms with E-state index in [1.807, 2.05) is 13.8 Å². The molecule has 0 spiro atoms. The molecule has 0 aromatic carbocycles. The highest BCUT2D eigenvalue weighted by Gasteiger charge is 2.36. The van der Waals surface area contributed by atoms with E-state index in [2.05, 4.69) is 0 Å². The predicted molar refractivity (Wildman–Crippen MR) is 99.2 cm³/mol. The van der Waals surface area contributed by atoms with Gasteiger partial charge in [0, 0.05) is 13.5 Å². The van der Waals surface area contributed by atoms with Crippen LogP contribution in [-0.2, 0) is 33.3 Å². The van der Waals surface area contributed by atoms with Crippen molar-refractivity contribution in [2.75, 3.05) is 33.5 Å². The van der Waals surface area contributed by atoms with Crippen LogP contribution < -0.4 is 0 Å². The van der Waals surface area contributed by atoms with Crippen LogP contribution in [0.15, 0.2) is 0 Å². The molecule has 2 unspecified atom stereocenters. The monoisotopic (exact) mass is 406 g/mol. The molecule has 28 heavy (non-hydrogen) atoms. The van der Waals surface area contributed by atoms with Crippen LogP contribution in [0.4, 0.5) is 0 Å². The Morgan fingerprint density at radius 1 is 0.714 bits per heavy atom. The molecule has 0 fully saturated rings. The lowest BCUT2D eigenvalue weighted by Crippen LogP contribution is -2.43. The van der Waals surface area contributed by atoms with E-state index in [-0.39, 0.29) is 51.6 Å². The topological polar surface area (TPSA) is 129 Å². The number of carbonyl (C=O) groups is 3. The fourth-order valence-corrected chi connectivity index (χ4v) is 2.25. The summed E-state index contributed by atoms with van der Waals surface area (Å²) in [6.07, 6.45) is -1.91. The molecule has 0 amide bonds. The van der Waals surface area contributed by atoms with E-state index in [1.165, 1.54) is 21.0 Å². The van der Waals surface area contributed by atoms with Crippen LogP contribution in [0.1, 0.15) is 47.0 Å². The zero-order valence-corrected chi connectivity index (χ0v) is 17.4. The molecular weight excluding hydrogens is 372 g/mol. The fraction of sp³-hybridized carbons (Fsp3) is 0.842. The van der Waals surface area contributed by atoms with Gasteiger partial charge in [-0.1, -0.05) is 13.8 Å². The number of aliphatic hydroxyl groups is 2. The smallest absolute Gasteiger partial charge is 0.308 e. The minimum atomic E-state index is -1.11. The molecule has 0 saturated heterocycles. The molecule has 0 aromatic rings. The van der Waals surface area contributed by atoms with E-state index in [9.17, 15) is 24.6 Å². The first-order valence-electron chi connectivity index (χ1n) is 9.31. The molecule has 0 aliphatic heterocycles. The molecule has 0 saturated carbocycles. The number of esters is 3. The van der Waals surface area contributed by atoms with Crippen LogP contribution in [0.3, 0.4) is 0 Å². The van der Waals surface area contributed by atoms with Gasteiger partial charge >= 0.3 is 17.9 Å². The summed E-state index contributed by atoms with van der Waals surface area (Å²) < 4.78 is 20.8. The van der Waals surface area contributed by atoms with E-state index in [4.69, 9.17) is 18.9 Å². The molecule has 9 nitrogen and oxygen atoms in total. The van der Waals surface area contributed by atoms with Gasteiger partial charge in [0.1, 0.15) is 19.8 Å². The van der Waals surface area contributed by atoms with Crippen molar-refractivity contribution in [1.29, 1.82) is 0 Å². The van der Waals surface area contributed by atoms with Gasteiger partial charge in [0.2, 0.25) is 0 Å². The Hall–Kier alpha value is -1.71. The molecule has 2 N–H and O–H groups in total. The summed E-state index contributed by atoms with van der Waals surface area (Å²) in [5, 5.41) is 18.6. The number of rotatable bonds is 14. The van der Waals surface area contributed by atoms with Crippen LogP contribution in [0.5, 0.6) is 0 Å². The van der Waals surface area contributed by atoms with Gasteiger partial charge in [-0.05, 0) is 19.8 Å². The van der Waals surface area contributed by atoms with E-state index in [0.717, 1.165) is 0 Å². The van der Waals surface area contributed by atoms with Crippen molar-refractivity contribution >= 4 is 17.9 Å². The number of carbonyl (C=O) groups excluding carboxylic acids is 3. The largest absolute Gasteiger partial charge is 0.465 e. The van der Waals surface area contributed by atoms with Crippen molar-refractivity contribution in [3.05, 3.63) is 0 Å². The first kappa shape index (κ1) is 26.3. The lowest BCUT2D eigenvalue weighted by molar-refractivity contribution is -0.167. The Morgan fingerprint density at radius 3 is 1.36 bits per heavy atom. The van der Waals surface area contributed by atoms with Gasteiger partial charge in [-0.3, -0.25) is 14.4 Å². The van der Waals surface area contributed by atoms with E-state index < -0.39 is 35.5 Å². The van der Waals surface area contributed by atoms with Crippen molar-refractivity contribution in [1.82, 2.24) is 0 Å². The van der Waals surface area contributed by atoms with Crippen LogP contribution in [-0.4, -0.2) is 73.9 Å². The quantitative estimate of drug-likeness (QED) is 0.318. The third-order valence-electron chi connectivity index (χ3n) is 3.57. The highest BCUT2D eigenvalue weighted by atomic mass is 16.6. The van der Waals surface area contributed by atoms with E-state index in [0.29, 0.717) is 0 Å². The normalized spacial score (nSPS) is 15.4. The van der Waals surface area contributed by atoms with Crippen molar-refractivity contribution in [2.24, 2.45) is 11.3 Å². The van der Waals surface area contributed by atoms with E-state index in [1.54, 1.807) is 0 Å². The molecular formula is C19H34O9. The van der Waals surface area contributed by atoms with Crippen molar-refractivity contribution in [2.45, 2.75) is 59.2 Å².